The van der Waals surface area contributed by atoms with Crippen LogP contribution in [0.5, 0.6) is 0 Å². The number of nitrogens with two attached hydrogens (primary N) is 1. The van der Waals surface area contributed by atoms with Crippen LogP contribution in [0, 0.1) is 0 Å². The van der Waals surface area contributed by atoms with Crippen LogP contribution in [0.4, 0.5) is 0 Å². The number of hydrogen-bond acceptors (Lipinski definition) is 3. The number of guanidine groups is 1. The maximum atomic E-state index is 5.79. The number of nitrogens with zero attached hydrogens (tertiary/aromatic N) is 2. The van der Waals surface area contributed by atoms with Crippen molar-refractivity contribution < 1.29 is 0 Å². The molecule has 0 fully saturated rings. The summed E-state index contributed by atoms with van der Waals surface area (Å²) in [5.41, 5.74) is 6.72. The highest BCUT2D eigenvalue weighted by atomic mass is 127. The summed E-state index contributed by atoms with van der Waals surface area (Å²) in [6, 6.07) is 0. The van der Waals surface area contributed by atoms with Crippen LogP contribution in [0.15, 0.2) is 10.4 Å². The first-order valence-corrected chi connectivity index (χ1v) is 6.68. The Hall–Kier alpha value is -0.370. The lowest BCUT2D eigenvalue weighted by Gasteiger charge is -2.20. The Morgan fingerprint density at radius 1 is 1.50 bits per heavy atom. The molecular formula is C12H23IN4S. The van der Waals surface area contributed by atoms with E-state index in [1.165, 1.54) is 0 Å². The van der Waals surface area contributed by atoms with E-state index in [4.69, 9.17) is 5.73 Å². The number of thiazole rings is 1. The van der Waals surface area contributed by atoms with Gasteiger partial charge in [-0.3, -0.25) is 0 Å². The molecule has 4 nitrogen and oxygen atoms in total. The average Bonchev–Trinajstić information content (AvgIpc) is 2.60. The van der Waals surface area contributed by atoms with Gasteiger partial charge in [-0.05, 0) is 20.8 Å². The molecule has 0 unspecified atom stereocenters. The first-order valence-electron chi connectivity index (χ1n) is 5.80. The summed E-state index contributed by atoms with van der Waals surface area (Å²) in [6.45, 7) is 11.0. The van der Waals surface area contributed by atoms with Crippen molar-refractivity contribution in [2.24, 2.45) is 10.7 Å². The Morgan fingerprint density at radius 2 is 2.11 bits per heavy atom. The molecule has 0 aliphatic carbocycles. The molecule has 3 N–H and O–H groups in total. The van der Waals surface area contributed by atoms with Crippen LogP contribution in [0.1, 0.15) is 51.2 Å². The SMILES string of the molecule is CC(C)c1nc(CN=C(N)NC(C)(C)C)cs1.I. The molecule has 1 rings (SSSR count). The van der Waals surface area contributed by atoms with Gasteiger partial charge in [-0.25, -0.2) is 9.98 Å². The van der Waals surface area contributed by atoms with Gasteiger partial charge in [-0.2, -0.15) is 0 Å². The zero-order chi connectivity index (χ0) is 13.1. The molecule has 0 saturated heterocycles. The van der Waals surface area contributed by atoms with Gasteiger partial charge in [0.1, 0.15) is 0 Å². The Morgan fingerprint density at radius 3 is 2.56 bits per heavy atom. The molecule has 1 aromatic heterocycles. The van der Waals surface area contributed by atoms with E-state index in [0.717, 1.165) is 10.7 Å². The largest absolute Gasteiger partial charge is 0.370 e. The maximum Gasteiger partial charge on any atom is 0.189 e. The van der Waals surface area contributed by atoms with E-state index in [-0.39, 0.29) is 29.5 Å². The Bertz CT molecular complexity index is 393. The van der Waals surface area contributed by atoms with Crippen LogP contribution in [0.2, 0.25) is 0 Å². The molecule has 0 aliphatic heterocycles. The Labute approximate surface area is 131 Å². The summed E-state index contributed by atoms with van der Waals surface area (Å²) in [5, 5.41) is 6.32. The zero-order valence-electron chi connectivity index (χ0n) is 11.7. The van der Waals surface area contributed by atoms with Gasteiger partial charge in [0.15, 0.2) is 5.96 Å². The Balaban J connectivity index is 0.00000289. The second kappa shape index (κ2) is 7.28. The van der Waals surface area contributed by atoms with Crippen LogP contribution < -0.4 is 11.1 Å². The van der Waals surface area contributed by atoms with E-state index in [1.54, 1.807) is 11.3 Å². The molecule has 0 amide bonds. The van der Waals surface area contributed by atoms with E-state index in [9.17, 15) is 0 Å². The highest BCUT2D eigenvalue weighted by Gasteiger charge is 2.10. The zero-order valence-corrected chi connectivity index (χ0v) is 14.8. The van der Waals surface area contributed by atoms with Crippen LogP contribution in [-0.2, 0) is 6.54 Å². The van der Waals surface area contributed by atoms with Gasteiger partial charge in [0.2, 0.25) is 0 Å². The third-order valence-electron chi connectivity index (χ3n) is 1.98. The normalized spacial score (nSPS) is 12.4. The van der Waals surface area contributed by atoms with E-state index < -0.39 is 0 Å². The fraction of sp³-hybridized carbons (Fsp3) is 0.667. The number of aliphatic imine (C=N–C) groups is 1. The van der Waals surface area contributed by atoms with Gasteiger partial charge in [-0.1, -0.05) is 13.8 Å². The van der Waals surface area contributed by atoms with Crippen molar-refractivity contribution in [2.75, 3.05) is 0 Å². The highest BCUT2D eigenvalue weighted by Crippen LogP contribution is 2.19. The number of nitrogens with one attached hydrogen (secondary N) is 1. The average molecular weight is 382 g/mol. The summed E-state index contributed by atoms with van der Waals surface area (Å²) in [7, 11) is 0. The monoisotopic (exact) mass is 382 g/mol. The van der Waals surface area contributed by atoms with Crippen LogP contribution in [-0.4, -0.2) is 16.5 Å². The van der Waals surface area contributed by atoms with Gasteiger partial charge in [0.25, 0.3) is 0 Å². The quantitative estimate of drug-likeness (QED) is 0.480. The summed E-state index contributed by atoms with van der Waals surface area (Å²) in [6.07, 6.45) is 0. The molecular weight excluding hydrogens is 359 g/mol. The molecule has 0 saturated carbocycles. The van der Waals surface area contributed by atoms with Gasteiger partial charge in [0.05, 0.1) is 17.2 Å². The molecule has 0 aliphatic rings. The molecule has 1 heterocycles. The minimum Gasteiger partial charge on any atom is -0.370 e. The molecule has 6 heteroatoms. The predicted molar refractivity (Wildman–Crippen MR) is 89.8 cm³/mol. The third-order valence-corrected chi connectivity index (χ3v) is 3.17. The van der Waals surface area contributed by atoms with Crippen molar-refractivity contribution in [3.63, 3.8) is 0 Å². The lowest BCUT2D eigenvalue weighted by Crippen LogP contribution is -2.44. The van der Waals surface area contributed by atoms with Crippen molar-refractivity contribution in [3.8, 4) is 0 Å². The van der Waals surface area contributed by atoms with E-state index >= 15 is 0 Å². The summed E-state index contributed by atoms with van der Waals surface area (Å²) in [4.78, 5) is 8.79. The summed E-state index contributed by atoms with van der Waals surface area (Å²) < 4.78 is 0. The van der Waals surface area contributed by atoms with Crippen LogP contribution >= 0.6 is 35.3 Å². The van der Waals surface area contributed by atoms with Crippen molar-refractivity contribution in [3.05, 3.63) is 16.1 Å². The molecule has 0 atom stereocenters. The lowest BCUT2D eigenvalue weighted by atomic mass is 10.1. The highest BCUT2D eigenvalue weighted by molar-refractivity contribution is 14.0. The fourth-order valence-corrected chi connectivity index (χ4v) is 2.08. The number of halogens is 1. The fourth-order valence-electron chi connectivity index (χ4n) is 1.25. The first kappa shape index (κ1) is 17.6. The summed E-state index contributed by atoms with van der Waals surface area (Å²) in [5.74, 6) is 0.944. The predicted octanol–water partition coefficient (Wildman–Crippen LogP) is 3.09. The van der Waals surface area contributed by atoms with Gasteiger partial charge < -0.3 is 11.1 Å². The van der Waals surface area contributed by atoms with E-state index in [1.807, 2.05) is 5.38 Å². The molecule has 0 spiro atoms. The van der Waals surface area contributed by atoms with Crippen molar-refractivity contribution >= 4 is 41.3 Å². The summed E-state index contributed by atoms with van der Waals surface area (Å²) >= 11 is 1.68. The van der Waals surface area contributed by atoms with Gasteiger partial charge in [0, 0.05) is 16.8 Å². The number of rotatable bonds is 3. The Kier molecular flexibility index (Phi) is 7.13. The standard InChI is InChI=1S/C12H22N4S.HI/c1-8(2)10-15-9(7-17-10)6-14-11(13)16-12(3,4)5;/h7-8H,6H2,1-5H3,(H3,13,14,16);1H. The van der Waals surface area contributed by atoms with Crippen molar-refractivity contribution in [2.45, 2.75) is 52.6 Å². The topological polar surface area (TPSA) is 63.3 Å². The van der Waals surface area contributed by atoms with Crippen LogP contribution in [0.25, 0.3) is 0 Å². The van der Waals surface area contributed by atoms with Crippen LogP contribution in [0.3, 0.4) is 0 Å². The van der Waals surface area contributed by atoms with Crippen molar-refractivity contribution in [1.82, 2.24) is 10.3 Å². The lowest BCUT2D eigenvalue weighted by molar-refractivity contribution is 0.508. The molecule has 18 heavy (non-hydrogen) atoms. The number of hydrogen-bond donors (Lipinski definition) is 2. The maximum absolute atomic E-state index is 5.79. The molecule has 104 valence electrons. The molecule has 0 radical (unpaired) electrons. The first-order chi connectivity index (χ1) is 7.78. The minimum atomic E-state index is -0.0568. The molecule has 0 aromatic carbocycles. The van der Waals surface area contributed by atoms with Crippen molar-refractivity contribution in [1.29, 1.82) is 0 Å². The second-order valence-electron chi connectivity index (χ2n) is 5.41. The van der Waals surface area contributed by atoms with Gasteiger partial charge >= 0.3 is 0 Å². The van der Waals surface area contributed by atoms with E-state index in [0.29, 0.717) is 18.4 Å². The molecule has 1 aromatic rings. The third kappa shape index (κ3) is 6.53. The minimum absolute atomic E-state index is 0. The van der Waals surface area contributed by atoms with Gasteiger partial charge in [-0.15, -0.1) is 35.3 Å². The van der Waals surface area contributed by atoms with E-state index in [2.05, 4.69) is 49.9 Å². The molecule has 0 bridgehead atoms. The number of aromatic nitrogens is 1. The smallest absolute Gasteiger partial charge is 0.189 e. The second-order valence-corrected chi connectivity index (χ2v) is 6.30.